The van der Waals surface area contributed by atoms with Gasteiger partial charge < -0.3 is 4.74 Å². The third kappa shape index (κ3) is 4.07. The van der Waals surface area contributed by atoms with Gasteiger partial charge in [-0.2, -0.15) is 11.8 Å². The number of aromatic nitrogens is 1. The van der Waals surface area contributed by atoms with Crippen molar-refractivity contribution in [2.24, 2.45) is 5.92 Å². The Morgan fingerprint density at radius 3 is 2.76 bits per heavy atom. The first-order chi connectivity index (χ1) is 8.10. The van der Waals surface area contributed by atoms with E-state index in [9.17, 15) is 0 Å². The summed E-state index contributed by atoms with van der Waals surface area (Å²) in [5.41, 5.74) is 3.35. The molecule has 0 radical (unpaired) electrons. The second-order valence-corrected chi connectivity index (χ2v) is 5.66. The largest absolute Gasteiger partial charge is 0.496 e. The minimum atomic E-state index is 0.550. The fraction of sp³-hybridized carbons (Fsp3) is 0.615. The highest BCUT2D eigenvalue weighted by molar-refractivity contribution is 7.98. The van der Waals surface area contributed by atoms with E-state index >= 15 is 0 Å². The topological polar surface area (TPSA) is 22.1 Å². The Morgan fingerprint density at radius 1 is 1.47 bits per heavy atom. The van der Waals surface area contributed by atoms with E-state index in [1.54, 1.807) is 7.11 Å². The van der Waals surface area contributed by atoms with Gasteiger partial charge in [-0.25, -0.2) is 0 Å². The summed E-state index contributed by atoms with van der Waals surface area (Å²) in [5, 5.41) is 0. The lowest BCUT2D eigenvalue weighted by Crippen LogP contribution is -2.02. The van der Waals surface area contributed by atoms with Crippen LogP contribution in [0.25, 0.3) is 0 Å². The number of aryl methyl sites for hydroxylation is 1. The quantitative estimate of drug-likeness (QED) is 0.736. The molecule has 1 heterocycles. The molecule has 1 aromatic heterocycles. The van der Waals surface area contributed by atoms with Crippen LogP contribution in [0.3, 0.4) is 0 Å². The maximum atomic E-state index is 5.78. The van der Waals surface area contributed by atoms with E-state index in [-0.39, 0.29) is 0 Å². The maximum Gasteiger partial charge on any atom is 0.128 e. The molecular formula is C13H20ClNOS. The van der Waals surface area contributed by atoms with Crippen LogP contribution in [0.4, 0.5) is 0 Å². The lowest BCUT2D eigenvalue weighted by molar-refractivity contribution is 0.407. The van der Waals surface area contributed by atoms with Crippen molar-refractivity contribution >= 4 is 23.4 Å². The van der Waals surface area contributed by atoms with Gasteiger partial charge in [0, 0.05) is 29.0 Å². The fourth-order valence-electron chi connectivity index (χ4n) is 1.62. The van der Waals surface area contributed by atoms with Crippen LogP contribution in [-0.4, -0.2) is 23.7 Å². The molecule has 0 spiro atoms. The molecule has 0 bridgehead atoms. The SMILES string of the molecule is COc1c(C)cnc(CSCC(C)CCl)c1C. The molecule has 4 heteroatoms. The molecule has 0 amide bonds. The zero-order valence-electron chi connectivity index (χ0n) is 10.9. The third-order valence-electron chi connectivity index (χ3n) is 2.65. The number of pyridine rings is 1. The van der Waals surface area contributed by atoms with E-state index in [4.69, 9.17) is 16.3 Å². The summed E-state index contributed by atoms with van der Waals surface area (Å²) in [5.74, 6) is 4.22. The van der Waals surface area contributed by atoms with Crippen molar-refractivity contribution in [1.29, 1.82) is 0 Å². The van der Waals surface area contributed by atoms with Crippen molar-refractivity contribution in [2.75, 3.05) is 18.7 Å². The monoisotopic (exact) mass is 273 g/mol. The van der Waals surface area contributed by atoms with Crippen LogP contribution < -0.4 is 4.74 Å². The number of nitrogens with zero attached hydrogens (tertiary/aromatic N) is 1. The molecule has 1 rings (SSSR count). The lowest BCUT2D eigenvalue weighted by atomic mass is 10.1. The molecule has 0 fully saturated rings. The van der Waals surface area contributed by atoms with Gasteiger partial charge in [0.1, 0.15) is 5.75 Å². The molecule has 96 valence electrons. The van der Waals surface area contributed by atoms with Crippen LogP contribution in [0.5, 0.6) is 5.75 Å². The summed E-state index contributed by atoms with van der Waals surface area (Å²) in [6.45, 7) is 6.25. The van der Waals surface area contributed by atoms with Crippen LogP contribution in [0.1, 0.15) is 23.7 Å². The highest BCUT2D eigenvalue weighted by atomic mass is 35.5. The van der Waals surface area contributed by atoms with E-state index in [0.717, 1.165) is 40.0 Å². The summed E-state index contributed by atoms with van der Waals surface area (Å²) in [6.07, 6.45) is 1.88. The van der Waals surface area contributed by atoms with Gasteiger partial charge in [0.15, 0.2) is 0 Å². The van der Waals surface area contributed by atoms with Gasteiger partial charge >= 0.3 is 0 Å². The third-order valence-corrected chi connectivity index (χ3v) is 4.46. The molecule has 0 N–H and O–H groups in total. The van der Waals surface area contributed by atoms with Gasteiger partial charge in [-0.15, -0.1) is 11.6 Å². The Hall–Kier alpha value is -0.410. The zero-order chi connectivity index (χ0) is 12.8. The number of thioether (sulfide) groups is 1. The average molecular weight is 274 g/mol. The molecule has 0 aliphatic carbocycles. The van der Waals surface area contributed by atoms with Crippen molar-refractivity contribution in [3.05, 3.63) is 23.0 Å². The van der Waals surface area contributed by atoms with Crippen LogP contribution in [-0.2, 0) is 5.75 Å². The minimum Gasteiger partial charge on any atom is -0.496 e. The highest BCUT2D eigenvalue weighted by Crippen LogP contribution is 2.26. The van der Waals surface area contributed by atoms with Gasteiger partial charge in [0.2, 0.25) is 0 Å². The Balaban J connectivity index is 2.66. The van der Waals surface area contributed by atoms with Crippen LogP contribution >= 0.6 is 23.4 Å². The molecule has 0 saturated heterocycles. The molecule has 2 nitrogen and oxygen atoms in total. The molecular weight excluding hydrogens is 254 g/mol. The van der Waals surface area contributed by atoms with Gasteiger partial charge in [-0.3, -0.25) is 4.98 Å². The molecule has 0 aromatic carbocycles. The summed E-state index contributed by atoms with van der Waals surface area (Å²) in [4.78, 5) is 4.48. The number of alkyl halides is 1. The van der Waals surface area contributed by atoms with E-state index in [2.05, 4.69) is 18.8 Å². The molecule has 1 unspecified atom stereocenters. The number of hydrogen-bond donors (Lipinski definition) is 0. The predicted octanol–water partition coefficient (Wildman–Crippen LogP) is 3.82. The van der Waals surface area contributed by atoms with Gasteiger partial charge in [-0.05, 0) is 25.5 Å². The van der Waals surface area contributed by atoms with Crippen molar-refractivity contribution < 1.29 is 4.74 Å². The summed E-state index contributed by atoms with van der Waals surface area (Å²) in [6, 6.07) is 0. The van der Waals surface area contributed by atoms with E-state index in [1.807, 2.05) is 24.9 Å². The maximum absolute atomic E-state index is 5.78. The summed E-state index contributed by atoms with van der Waals surface area (Å²) in [7, 11) is 1.71. The van der Waals surface area contributed by atoms with Gasteiger partial charge in [0.25, 0.3) is 0 Å². The van der Waals surface area contributed by atoms with Crippen LogP contribution in [0.2, 0.25) is 0 Å². The Bertz CT molecular complexity index is 371. The average Bonchev–Trinajstić information content (AvgIpc) is 2.32. The summed E-state index contributed by atoms with van der Waals surface area (Å²) < 4.78 is 5.39. The van der Waals surface area contributed by atoms with Crippen LogP contribution in [0, 0.1) is 19.8 Å². The molecule has 1 atom stereocenters. The molecule has 17 heavy (non-hydrogen) atoms. The first-order valence-corrected chi connectivity index (χ1v) is 7.41. The number of halogens is 1. The fourth-order valence-corrected chi connectivity index (χ4v) is 2.98. The van der Waals surface area contributed by atoms with Crippen molar-refractivity contribution in [3.63, 3.8) is 0 Å². The van der Waals surface area contributed by atoms with Crippen molar-refractivity contribution in [1.82, 2.24) is 4.98 Å². The van der Waals surface area contributed by atoms with E-state index in [0.29, 0.717) is 5.92 Å². The first kappa shape index (κ1) is 14.7. The van der Waals surface area contributed by atoms with E-state index < -0.39 is 0 Å². The normalized spacial score (nSPS) is 12.5. The predicted molar refractivity (Wildman–Crippen MR) is 76.3 cm³/mol. The Kier molecular flexibility index (Phi) is 6.14. The summed E-state index contributed by atoms with van der Waals surface area (Å²) >= 11 is 7.66. The first-order valence-electron chi connectivity index (χ1n) is 5.72. The van der Waals surface area contributed by atoms with Gasteiger partial charge in [0.05, 0.1) is 12.8 Å². The lowest BCUT2D eigenvalue weighted by Gasteiger charge is -2.12. The highest BCUT2D eigenvalue weighted by Gasteiger charge is 2.09. The Morgan fingerprint density at radius 2 is 2.18 bits per heavy atom. The van der Waals surface area contributed by atoms with Crippen molar-refractivity contribution in [3.8, 4) is 5.75 Å². The second kappa shape index (κ2) is 7.12. The number of rotatable bonds is 6. The standard InChI is InChI=1S/C13H20ClNOS/c1-9(5-14)7-17-8-12-11(3)13(16-4)10(2)6-15-12/h6,9H,5,7-8H2,1-4H3. The van der Waals surface area contributed by atoms with Crippen LogP contribution in [0.15, 0.2) is 6.20 Å². The minimum absolute atomic E-state index is 0.550. The van der Waals surface area contributed by atoms with Gasteiger partial charge in [-0.1, -0.05) is 6.92 Å². The second-order valence-electron chi connectivity index (χ2n) is 4.32. The molecule has 0 saturated carbocycles. The van der Waals surface area contributed by atoms with Crippen molar-refractivity contribution in [2.45, 2.75) is 26.5 Å². The number of methoxy groups -OCH3 is 1. The number of hydrogen-bond acceptors (Lipinski definition) is 3. The number of ether oxygens (including phenoxy) is 1. The molecule has 0 aliphatic heterocycles. The zero-order valence-corrected chi connectivity index (χ0v) is 12.5. The smallest absolute Gasteiger partial charge is 0.128 e. The molecule has 1 aromatic rings. The van der Waals surface area contributed by atoms with E-state index in [1.165, 1.54) is 0 Å². The molecule has 0 aliphatic rings. The Labute approximate surface area is 113 Å².